The van der Waals surface area contributed by atoms with Gasteiger partial charge in [-0.15, -0.1) is 0 Å². The quantitative estimate of drug-likeness (QED) is 0.751. The minimum Gasteiger partial charge on any atom is -0.480 e. The Hall–Kier alpha value is -2.21. The number of nitrogens with one attached hydrogen (secondary N) is 2. The second-order valence-electron chi connectivity index (χ2n) is 5.06. The van der Waals surface area contributed by atoms with Crippen molar-refractivity contribution >= 4 is 16.9 Å². The van der Waals surface area contributed by atoms with Crippen LogP contribution in [0.15, 0.2) is 29.1 Å². The zero-order valence-electron chi connectivity index (χ0n) is 10.8. The molecule has 0 saturated heterocycles. The molecule has 1 aromatic carbocycles. The van der Waals surface area contributed by atoms with E-state index in [4.69, 9.17) is 5.11 Å². The van der Waals surface area contributed by atoms with Gasteiger partial charge in [0.25, 0.3) is 5.56 Å². The molecule has 6 nitrogen and oxygen atoms in total. The van der Waals surface area contributed by atoms with E-state index in [1.165, 1.54) is 0 Å². The molecule has 0 spiro atoms. The van der Waals surface area contributed by atoms with Gasteiger partial charge in [-0.05, 0) is 30.9 Å². The van der Waals surface area contributed by atoms with Crippen LogP contribution in [-0.4, -0.2) is 27.1 Å². The monoisotopic (exact) mass is 273 g/mol. The van der Waals surface area contributed by atoms with E-state index >= 15 is 0 Å². The third-order valence-electron chi connectivity index (χ3n) is 3.51. The van der Waals surface area contributed by atoms with Crippen molar-refractivity contribution in [2.24, 2.45) is 5.92 Å². The average Bonchev–Trinajstić information content (AvgIpc) is 3.23. The molecule has 1 aliphatic carbocycles. The molecule has 1 heterocycles. The number of aliphatic carboxylic acids is 1. The SMILES string of the molecule is O=C(O)C(NCc1nc2ccccc2c(=O)[nH]1)C1CC1. The lowest BCUT2D eigenvalue weighted by molar-refractivity contribution is -0.140. The number of hydrogen-bond acceptors (Lipinski definition) is 4. The van der Waals surface area contributed by atoms with Crippen LogP contribution in [0.5, 0.6) is 0 Å². The summed E-state index contributed by atoms with van der Waals surface area (Å²) in [5.74, 6) is -0.198. The number of fused-ring (bicyclic) bond motifs is 1. The maximum Gasteiger partial charge on any atom is 0.320 e. The second kappa shape index (κ2) is 5.05. The highest BCUT2D eigenvalue weighted by Crippen LogP contribution is 2.32. The number of aromatic amines is 1. The molecule has 104 valence electrons. The first kappa shape index (κ1) is 12.8. The first-order chi connectivity index (χ1) is 9.65. The number of hydrogen-bond donors (Lipinski definition) is 3. The van der Waals surface area contributed by atoms with E-state index in [2.05, 4.69) is 15.3 Å². The summed E-state index contributed by atoms with van der Waals surface area (Å²) >= 11 is 0. The average molecular weight is 273 g/mol. The molecule has 2 aromatic rings. The van der Waals surface area contributed by atoms with Crippen molar-refractivity contribution in [2.75, 3.05) is 0 Å². The molecule has 1 unspecified atom stereocenters. The summed E-state index contributed by atoms with van der Waals surface area (Å²) in [6.07, 6.45) is 1.87. The van der Waals surface area contributed by atoms with Crippen molar-refractivity contribution in [2.45, 2.75) is 25.4 Å². The minimum atomic E-state index is -0.851. The Kier molecular flexibility index (Phi) is 3.23. The molecular formula is C14H15N3O3. The van der Waals surface area contributed by atoms with E-state index in [0.29, 0.717) is 16.7 Å². The normalized spacial score (nSPS) is 16.2. The van der Waals surface area contributed by atoms with E-state index in [0.717, 1.165) is 12.8 Å². The number of carboxylic acid groups (broad SMARTS) is 1. The fraction of sp³-hybridized carbons (Fsp3) is 0.357. The van der Waals surface area contributed by atoms with E-state index in [1.807, 2.05) is 6.07 Å². The number of rotatable bonds is 5. The number of carbonyl (C=O) groups is 1. The van der Waals surface area contributed by atoms with Gasteiger partial charge in [0.1, 0.15) is 11.9 Å². The largest absolute Gasteiger partial charge is 0.480 e. The Balaban J connectivity index is 1.80. The summed E-state index contributed by atoms with van der Waals surface area (Å²) in [6, 6.07) is 6.51. The van der Waals surface area contributed by atoms with Gasteiger partial charge in [0.2, 0.25) is 0 Å². The highest BCUT2D eigenvalue weighted by Gasteiger charge is 2.35. The molecule has 1 aliphatic rings. The first-order valence-corrected chi connectivity index (χ1v) is 6.59. The van der Waals surface area contributed by atoms with Crippen LogP contribution in [-0.2, 0) is 11.3 Å². The topological polar surface area (TPSA) is 95.1 Å². The minimum absolute atomic E-state index is 0.194. The van der Waals surface area contributed by atoms with E-state index in [9.17, 15) is 9.59 Å². The van der Waals surface area contributed by atoms with Crippen LogP contribution in [0.2, 0.25) is 0 Å². The van der Waals surface area contributed by atoms with Crippen molar-refractivity contribution in [3.05, 3.63) is 40.4 Å². The molecule has 1 saturated carbocycles. The Bertz CT molecular complexity index is 706. The Labute approximate surface area is 114 Å². The molecule has 0 aliphatic heterocycles. The summed E-state index contributed by atoms with van der Waals surface area (Å²) in [5.41, 5.74) is 0.414. The van der Waals surface area contributed by atoms with Gasteiger partial charge in [-0.2, -0.15) is 0 Å². The standard InChI is InChI=1S/C14H15N3O3/c18-13-9-3-1-2-4-10(9)16-11(17-13)7-15-12(14(19)20)8-5-6-8/h1-4,8,12,15H,5-7H2,(H,19,20)(H,16,17,18). The van der Waals surface area contributed by atoms with Crippen molar-refractivity contribution < 1.29 is 9.90 Å². The van der Waals surface area contributed by atoms with Crippen LogP contribution in [0.1, 0.15) is 18.7 Å². The highest BCUT2D eigenvalue weighted by molar-refractivity contribution is 5.77. The summed E-state index contributed by atoms with van der Waals surface area (Å²) in [6.45, 7) is 0.244. The lowest BCUT2D eigenvalue weighted by Gasteiger charge is -2.13. The van der Waals surface area contributed by atoms with Crippen molar-refractivity contribution in [1.82, 2.24) is 15.3 Å². The number of para-hydroxylation sites is 1. The molecular weight excluding hydrogens is 258 g/mol. The zero-order valence-corrected chi connectivity index (χ0v) is 10.8. The third-order valence-corrected chi connectivity index (χ3v) is 3.51. The maximum absolute atomic E-state index is 11.9. The summed E-state index contributed by atoms with van der Waals surface area (Å²) in [7, 11) is 0. The fourth-order valence-corrected chi connectivity index (χ4v) is 2.31. The predicted octanol–water partition coefficient (Wildman–Crippen LogP) is 0.876. The van der Waals surface area contributed by atoms with Gasteiger partial charge >= 0.3 is 5.97 Å². The number of carboxylic acids is 1. The molecule has 0 bridgehead atoms. The molecule has 1 aromatic heterocycles. The van der Waals surface area contributed by atoms with Gasteiger partial charge in [0.15, 0.2) is 0 Å². The Morgan fingerprint density at radius 2 is 2.20 bits per heavy atom. The zero-order chi connectivity index (χ0) is 14.1. The molecule has 6 heteroatoms. The van der Waals surface area contributed by atoms with E-state index in [1.54, 1.807) is 18.2 Å². The van der Waals surface area contributed by atoms with Crippen LogP contribution >= 0.6 is 0 Å². The van der Waals surface area contributed by atoms with Crippen LogP contribution < -0.4 is 10.9 Å². The van der Waals surface area contributed by atoms with Crippen molar-refractivity contribution in [1.29, 1.82) is 0 Å². The molecule has 1 atom stereocenters. The molecule has 0 amide bonds. The van der Waals surface area contributed by atoms with Gasteiger partial charge in [-0.1, -0.05) is 12.1 Å². The molecule has 20 heavy (non-hydrogen) atoms. The molecule has 1 fully saturated rings. The Morgan fingerprint density at radius 1 is 1.45 bits per heavy atom. The summed E-state index contributed by atoms with van der Waals surface area (Å²) in [5, 5.41) is 12.6. The van der Waals surface area contributed by atoms with Gasteiger partial charge in [-0.25, -0.2) is 4.98 Å². The summed E-state index contributed by atoms with van der Waals surface area (Å²) < 4.78 is 0. The second-order valence-corrected chi connectivity index (χ2v) is 5.06. The number of aromatic nitrogens is 2. The predicted molar refractivity (Wildman–Crippen MR) is 73.4 cm³/mol. The van der Waals surface area contributed by atoms with Crippen LogP contribution in [0, 0.1) is 5.92 Å². The summed E-state index contributed by atoms with van der Waals surface area (Å²) in [4.78, 5) is 30.0. The van der Waals surface area contributed by atoms with Gasteiger partial charge < -0.3 is 10.1 Å². The highest BCUT2D eigenvalue weighted by atomic mass is 16.4. The number of H-pyrrole nitrogens is 1. The molecule has 3 N–H and O–H groups in total. The number of nitrogens with zero attached hydrogens (tertiary/aromatic N) is 1. The van der Waals surface area contributed by atoms with Crippen molar-refractivity contribution in [3.63, 3.8) is 0 Å². The lowest BCUT2D eigenvalue weighted by Crippen LogP contribution is -2.38. The molecule has 0 radical (unpaired) electrons. The van der Waals surface area contributed by atoms with Crippen LogP contribution in [0.4, 0.5) is 0 Å². The first-order valence-electron chi connectivity index (χ1n) is 6.59. The smallest absolute Gasteiger partial charge is 0.320 e. The van der Waals surface area contributed by atoms with Gasteiger partial charge in [0.05, 0.1) is 17.4 Å². The molecule has 3 rings (SSSR count). The van der Waals surface area contributed by atoms with Crippen LogP contribution in [0.3, 0.4) is 0 Å². The third kappa shape index (κ3) is 2.55. The van der Waals surface area contributed by atoms with Crippen molar-refractivity contribution in [3.8, 4) is 0 Å². The Morgan fingerprint density at radius 3 is 2.90 bits per heavy atom. The fourth-order valence-electron chi connectivity index (χ4n) is 2.31. The van der Waals surface area contributed by atoms with Gasteiger partial charge in [-0.3, -0.25) is 14.9 Å². The maximum atomic E-state index is 11.9. The van der Waals surface area contributed by atoms with E-state index < -0.39 is 12.0 Å². The van der Waals surface area contributed by atoms with E-state index in [-0.39, 0.29) is 18.0 Å². The number of benzene rings is 1. The lowest BCUT2D eigenvalue weighted by atomic mass is 10.2. The van der Waals surface area contributed by atoms with Gasteiger partial charge in [0, 0.05) is 0 Å². The van der Waals surface area contributed by atoms with Crippen LogP contribution in [0.25, 0.3) is 10.9 Å².